The van der Waals surface area contributed by atoms with Crippen molar-refractivity contribution >= 4 is 50.8 Å². The molecule has 4 aromatic rings. The molecule has 0 saturated heterocycles. The largest absolute Gasteiger partial charge is 0.478 e. The Bertz CT molecular complexity index is 1770. The smallest absolute Gasteiger partial charge is 0.214 e. The molecule has 2 aliphatic heterocycles. The van der Waals surface area contributed by atoms with E-state index in [9.17, 15) is 14.7 Å². The number of carbonyl (C=O) groups is 2. The van der Waals surface area contributed by atoms with E-state index in [1.807, 2.05) is 78.9 Å². The van der Waals surface area contributed by atoms with E-state index >= 15 is 0 Å². The Balaban J connectivity index is 1.54. The summed E-state index contributed by atoms with van der Waals surface area (Å²) in [5, 5.41) is 15.9. The molecule has 0 bridgehead atoms. The Morgan fingerprint density at radius 3 is 2.32 bits per heavy atom. The van der Waals surface area contributed by atoms with Gasteiger partial charge in [0.2, 0.25) is 5.78 Å². The number of halogens is 1. The van der Waals surface area contributed by atoms with Gasteiger partial charge in [-0.1, -0.05) is 72.3 Å². The monoisotopic (exact) mass is 508 g/mol. The van der Waals surface area contributed by atoms with Crippen LogP contribution in [0.5, 0.6) is 11.5 Å². The highest BCUT2D eigenvalue weighted by Gasteiger charge is 2.67. The van der Waals surface area contributed by atoms with Gasteiger partial charge in [0.25, 0.3) is 0 Å². The molecule has 1 N–H and O–H groups in total. The number of ketones is 2. The Morgan fingerprint density at radius 1 is 0.946 bits per heavy atom. The molecule has 6 heteroatoms. The molecule has 0 aromatic heterocycles. The Labute approximate surface area is 217 Å². The average molecular weight is 509 g/mol. The minimum Gasteiger partial charge on any atom is -0.478 e. The molecule has 1 spiro atoms. The summed E-state index contributed by atoms with van der Waals surface area (Å²) in [6.07, 6.45) is 1.62. The predicted octanol–water partition coefficient (Wildman–Crippen LogP) is 5.89. The number of benzene rings is 4. The lowest BCUT2D eigenvalue weighted by atomic mass is 9.65. The van der Waals surface area contributed by atoms with Gasteiger partial charge >= 0.3 is 0 Å². The highest BCUT2D eigenvalue weighted by atomic mass is 35.5. The zero-order valence-corrected chi connectivity index (χ0v) is 20.6. The van der Waals surface area contributed by atoms with Gasteiger partial charge in [0.05, 0.1) is 0 Å². The maximum absolute atomic E-state index is 13.8. The number of hydrogen-bond donors (Lipinski definition) is 1. The molecule has 4 aromatic carbocycles. The van der Waals surface area contributed by atoms with Crippen LogP contribution in [-0.2, 0) is 16.0 Å². The molecule has 37 heavy (non-hydrogen) atoms. The van der Waals surface area contributed by atoms with Crippen LogP contribution in [-0.4, -0.2) is 27.9 Å². The molecule has 182 valence electrons. The van der Waals surface area contributed by atoms with E-state index in [0.29, 0.717) is 17.1 Å². The number of fused-ring (bicyclic) bond motifs is 8. The van der Waals surface area contributed by atoms with Crippen molar-refractivity contribution in [3.63, 3.8) is 0 Å². The van der Waals surface area contributed by atoms with Crippen molar-refractivity contribution in [1.82, 2.24) is 0 Å². The third-order valence-electron chi connectivity index (χ3n) is 7.77. The summed E-state index contributed by atoms with van der Waals surface area (Å²) in [7, 11) is 0. The summed E-state index contributed by atoms with van der Waals surface area (Å²) in [6.45, 7) is 1.35. The van der Waals surface area contributed by atoms with Crippen molar-refractivity contribution < 1.29 is 24.2 Å². The maximum Gasteiger partial charge on any atom is 0.214 e. The first kappa shape index (κ1) is 22.3. The van der Waals surface area contributed by atoms with Gasteiger partial charge in [-0.2, -0.15) is 0 Å². The fourth-order valence-electron chi connectivity index (χ4n) is 6.07. The van der Waals surface area contributed by atoms with E-state index in [1.54, 1.807) is 0 Å². The highest BCUT2D eigenvalue weighted by Crippen LogP contribution is 2.57. The second-order valence-electron chi connectivity index (χ2n) is 9.94. The summed E-state index contributed by atoms with van der Waals surface area (Å²) in [5.74, 6) is 0.125. The van der Waals surface area contributed by atoms with Gasteiger partial charge in [-0.05, 0) is 46.7 Å². The van der Waals surface area contributed by atoms with Gasteiger partial charge < -0.3 is 14.6 Å². The summed E-state index contributed by atoms with van der Waals surface area (Å²) in [6, 6.07) is 23.4. The van der Waals surface area contributed by atoms with Crippen LogP contribution in [0.4, 0.5) is 0 Å². The van der Waals surface area contributed by atoms with Crippen molar-refractivity contribution in [2.45, 2.75) is 31.0 Å². The Kier molecular flexibility index (Phi) is 4.54. The minimum atomic E-state index is -2.23. The van der Waals surface area contributed by atoms with E-state index in [2.05, 4.69) is 0 Å². The third kappa shape index (κ3) is 2.90. The summed E-state index contributed by atoms with van der Waals surface area (Å²) in [4.78, 5) is 26.2. The number of aliphatic hydroxyl groups is 1. The number of carbonyl (C=O) groups excluding carboxylic acids is 2. The van der Waals surface area contributed by atoms with Gasteiger partial charge in [0.1, 0.15) is 22.3 Å². The van der Waals surface area contributed by atoms with E-state index in [-0.39, 0.29) is 23.0 Å². The van der Waals surface area contributed by atoms with Crippen LogP contribution in [0.3, 0.4) is 0 Å². The van der Waals surface area contributed by atoms with Crippen LogP contribution in [0, 0.1) is 0 Å². The lowest BCUT2D eigenvalue weighted by Gasteiger charge is -2.48. The predicted molar refractivity (Wildman–Crippen MR) is 142 cm³/mol. The van der Waals surface area contributed by atoms with E-state index in [0.717, 1.165) is 32.7 Å². The quantitative estimate of drug-likeness (QED) is 0.366. The second kappa shape index (κ2) is 7.54. The molecule has 2 atom stereocenters. The molecule has 1 aliphatic carbocycles. The SMILES string of the molecule is CC(=O)C[C@]1(O)C(=O)C(Cl)=C2Oc3ccc4ccccc4c3C=C2[C@@]12Cc1c(ccc3ccccc13)O2. The summed E-state index contributed by atoms with van der Waals surface area (Å²) in [5.41, 5.74) is -1.73. The normalized spacial score (nSPS) is 23.9. The molecule has 0 radical (unpaired) electrons. The lowest BCUT2D eigenvalue weighted by Crippen LogP contribution is -2.66. The third-order valence-corrected chi connectivity index (χ3v) is 8.11. The molecule has 2 heterocycles. The first-order valence-corrected chi connectivity index (χ1v) is 12.5. The number of Topliss-reactive ketones (excluding diaryl/α,β-unsaturated/α-hetero) is 2. The molecule has 0 fully saturated rings. The molecule has 0 amide bonds. The Hall–Kier alpha value is -3.93. The number of hydrogen-bond acceptors (Lipinski definition) is 5. The highest BCUT2D eigenvalue weighted by molar-refractivity contribution is 6.45. The van der Waals surface area contributed by atoms with Crippen LogP contribution in [0.2, 0.25) is 0 Å². The van der Waals surface area contributed by atoms with E-state index in [1.165, 1.54) is 6.92 Å². The van der Waals surface area contributed by atoms with E-state index < -0.39 is 23.4 Å². The van der Waals surface area contributed by atoms with Crippen molar-refractivity contribution in [1.29, 1.82) is 0 Å². The minimum absolute atomic E-state index is 0.153. The van der Waals surface area contributed by atoms with Crippen molar-refractivity contribution in [3.8, 4) is 11.5 Å². The van der Waals surface area contributed by atoms with E-state index in [4.69, 9.17) is 21.1 Å². The van der Waals surface area contributed by atoms with Crippen molar-refractivity contribution in [2.24, 2.45) is 0 Å². The Morgan fingerprint density at radius 2 is 1.59 bits per heavy atom. The summed E-state index contributed by atoms with van der Waals surface area (Å²) < 4.78 is 12.9. The van der Waals surface area contributed by atoms with Crippen LogP contribution < -0.4 is 9.47 Å². The zero-order valence-electron chi connectivity index (χ0n) is 19.9. The molecule has 0 saturated carbocycles. The molecular weight excluding hydrogens is 488 g/mol. The number of ether oxygens (including phenoxy) is 2. The van der Waals surface area contributed by atoms with Crippen LogP contribution in [0.15, 0.2) is 89.2 Å². The van der Waals surface area contributed by atoms with Gasteiger partial charge in [-0.15, -0.1) is 0 Å². The average Bonchev–Trinajstić information content (AvgIpc) is 3.32. The van der Waals surface area contributed by atoms with Gasteiger partial charge in [0.15, 0.2) is 17.0 Å². The van der Waals surface area contributed by atoms with Crippen LogP contribution in [0.1, 0.15) is 24.5 Å². The zero-order chi connectivity index (χ0) is 25.5. The fourth-order valence-corrected chi connectivity index (χ4v) is 6.37. The molecular formula is C31H21ClO5. The standard InChI is InChI=1S/C31H21ClO5/c1-17(33)15-30(35)29(34)27(32)28-24(14-22-20-8-4-2-6-18(20)10-12-25(22)36-28)31(30)16-23-21-9-5-3-7-19(21)11-13-26(23)37-31/h2-14,35H,15-16H2,1H3/t30-,31-/m0/s1. The number of rotatable bonds is 2. The molecule has 5 nitrogen and oxygen atoms in total. The van der Waals surface area contributed by atoms with Crippen molar-refractivity contribution in [3.05, 3.63) is 100 Å². The van der Waals surface area contributed by atoms with Gasteiger partial charge in [-0.25, -0.2) is 0 Å². The summed E-state index contributed by atoms with van der Waals surface area (Å²) >= 11 is 6.60. The second-order valence-corrected chi connectivity index (χ2v) is 10.3. The molecule has 7 rings (SSSR count). The molecule has 3 aliphatic rings. The fraction of sp³-hybridized carbons (Fsp3) is 0.161. The van der Waals surface area contributed by atoms with Crippen LogP contribution >= 0.6 is 11.6 Å². The van der Waals surface area contributed by atoms with Gasteiger partial charge in [0, 0.05) is 29.5 Å². The van der Waals surface area contributed by atoms with Crippen LogP contribution in [0.25, 0.3) is 27.6 Å². The first-order valence-electron chi connectivity index (χ1n) is 12.1. The lowest BCUT2D eigenvalue weighted by molar-refractivity contribution is -0.160. The topological polar surface area (TPSA) is 72.8 Å². The van der Waals surface area contributed by atoms with Crippen molar-refractivity contribution in [2.75, 3.05) is 0 Å². The molecule has 0 unspecified atom stereocenters. The van der Waals surface area contributed by atoms with Gasteiger partial charge in [-0.3, -0.25) is 9.59 Å². The maximum atomic E-state index is 13.8. The first-order chi connectivity index (χ1) is 17.8.